The summed E-state index contributed by atoms with van der Waals surface area (Å²) < 4.78 is 10.5. The van der Waals surface area contributed by atoms with Crippen molar-refractivity contribution in [3.8, 4) is 11.5 Å². The van der Waals surface area contributed by atoms with E-state index in [1.165, 1.54) is 7.11 Å². The van der Waals surface area contributed by atoms with E-state index in [4.69, 9.17) is 9.47 Å². The fourth-order valence-corrected chi connectivity index (χ4v) is 3.04. The number of hydrogen-bond acceptors (Lipinski definition) is 4. The quantitative estimate of drug-likeness (QED) is 0.732. The molecule has 6 heteroatoms. The van der Waals surface area contributed by atoms with E-state index in [2.05, 4.69) is 10.6 Å². The SMILES string of the molecule is CCc1ccccc1NC(=O)C1(C(=O)Nc2ccc(OC)c(OC)c2)CC1. The first-order valence-electron chi connectivity index (χ1n) is 8.97. The number of amides is 2. The predicted molar refractivity (Wildman–Crippen MR) is 104 cm³/mol. The summed E-state index contributed by atoms with van der Waals surface area (Å²) in [5.41, 5.74) is 1.34. The molecule has 0 saturated heterocycles. The van der Waals surface area contributed by atoms with Gasteiger partial charge in [0.15, 0.2) is 11.5 Å². The average molecular weight is 368 g/mol. The molecular weight excluding hydrogens is 344 g/mol. The molecule has 27 heavy (non-hydrogen) atoms. The molecule has 2 aromatic rings. The Balaban J connectivity index is 1.73. The van der Waals surface area contributed by atoms with Crippen molar-refractivity contribution in [2.45, 2.75) is 26.2 Å². The second kappa shape index (κ2) is 7.70. The molecule has 2 N–H and O–H groups in total. The van der Waals surface area contributed by atoms with E-state index in [1.807, 2.05) is 31.2 Å². The molecule has 0 unspecified atom stereocenters. The maximum atomic E-state index is 12.8. The van der Waals surface area contributed by atoms with E-state index < -0.39 is 5.41 Å². The van der Waals surface area contributed by atoms with Crippen molar-refractivity contribution in [2.75, 3.05) is 24.9 Å². The van der Waals surface area contributed by atoms with Crippen molar-refractivity contribution < 1.29 is 19.1 Å². The molecule has 1 saturated carbocycles. The summed E-state index contributed by atoms with van der Waals surface area (Å²) in [6.45, 7) is 2.03. The van der Waals surface area contributed by atoms with Crippen LogP contribution in [0.2, 0.25) is 0 Å². The molecule has 142 valence electrons. The van der Waals surface area contributed by atoms with Crippen LogP contribution in [0.1, 0.15) is 25.3 Å². The van der Waals surface area contributed by atoms with Crippen LogP contribution < -0.4 is 20.1 Å². The molecule has 2 amide bonds. The number of methoxy groups -OCH3 is 2. The van der Waals surface area contributed by atoms with Gasteiger partial charge in [-0.2, -0.15) is 0 Å². The Morgan fingerprint density at radius 2 is 1.63 bits per heavy atom. The molecule has 0 heterocycles. The number of para-hydroxylation sites is 1. The van der Waals surface area contributed by atoms with E-state index in [9.17, 15) is 9.59 Å². The molecule has 3 rings (SSSR count). The zero-order valence-electron chi connectivity index (χ0n) is 15.8. The van der Waals surface area contributed by atoms with Gasteiger partial charge in [0, 0.05) is 17.4 Å². The van der Waals surface area contributed by atoms with E-state index in [-0.39, 0.29) is 11.8 Å². The summed E-state index contributed by atoms with van der Waals surface area (Å²) in [4.78, 5) is 25.6. The third-order valence-electron chi connectivity index (χ3n) is 4.91. The van der Waals surface area contributed by atoms with Crippen LogP contribution in [0.5, 0.6) is 11.5 Å². The molecule has 1 aliphatic carbocycles. The first-order chi connectivity index (χ1) is 13.0. The van der Waals surface area contributed by atoms with Crippen LogP contribution in [-0.2, 0) is 16.0 Å². The normalized spacial score (nSPS) is 14.2. The van der Waals surface area contributed by atoms with E-state index in [0.717, 1.165) is 17.7 Å². The molecule has 2 aromatic carbocycles. The fourth-order valence-electron chi connectivity index (χ4n) is 3.04. The Hall–Kier alpha value is -3.02. The molecule has 0 radical (unpaired) electrons. The smallest absolute Gasteiger partial charge is 0.240 e. The van der Waals surface area contributed by atoms with Crippen LogP contribution in [0.25, 0.3) is 0 Å². The molecule has 0 bridgehead atoms. The summed E-state index contributed by atoms with van der Waals surface area (Å²) in [5.74, 6) is 0.523. The van der Waals surface area contributed by atoms with Crippen molar-refractivity contribution in [1.82, 2.24) is 0 Å². The highest BCUT2D eigenvalue weighted by Crippen LogP contribution is 2.48. The number of nitrogens with one attached hydrogen (secondary N) is 2. The Kier molecular flexibility index (Phi) is 5.35. The summed E-state index contributed by atoms with van der Waals surface area (Å²) in [6, 6.07) is 12.8. The highest BCUT2D eigenvalue weighted by Gasteiger charge is 2.56. The van der Waals surface area contributed by atoms with E-state index in [0.29, 0.717) is 30.0 Å². The second-order valence-corrected chi connectivity index (χ2v) is 6.57. The standard InChI is InChI=1S/C21H24N2O4/c1-4-14-7-5-6-8-16(14)23-20(25)21(11-12-21)19(24)22-15-9-10-17(26-2)18(13-15)27-3/h5-10,13H,4,11-12H2,1-3H3,(H,22,24)(H,23,25). The second-order valence-electron chi connectivity index (χ2n) is 6.57. The van der Waals surface area contributed by atoms with Crippen LogP contribution in [0.15, 0.2) is 42.5 Å². The van der Waals surface area contributed by atoms with Crippen LogP contribution in [0.4, 0.5) is 11.4 Å². The van der Waals surface area contributed by atoms with Gasteiger partial charge >= 0.3 is 0 Å². The minimum atomic E-state index is -1.02. The summed E-state index contributed by atoms with van der Waals surface area (Å²) >= 11 is 0. The number of carbonyl (C=O) groups is 2. The lowest BCUT2D eigenvalue weighted by Gasteiger charge is -2.17. The molecule has 0 spiro atoms. The predicted octanol–water partition coefficient (Wildman–Crippen LogP) is 3.62. The zero-order chi connectivity index (χ0) is 19.4. The minimum Gasteiger partial charge on any atom is -0.493 e. The van der Waals surface area contributed by atoms with Crippen LogP contribution >= 0.6 is 0 Å². The summed E-state index contributed by atoms with van der Waals surface area (Å²) in [7, 11) is 3.08. The summed E-state index contributed by atoms with van der Waals surface area (Å²) in [5, 5.41) is 5.76. The molecule has 0 aliphatic heterocycles. The van der Waals surface area contributed by atoms with Crippen molar-refractivity contribution in [3.63, 3.8) is 0 Å². The van der Waals surface area contributed by atoms with Crippen molar-refractivity contribution in [2.24, 2.45) is 5.41 Å². The molecule has 0 atom stereocenters. The number of rotatable bonds is 7. The van der Waals surface area contributed by atoms with Crippen LogP contribution in [0.3, 0.4) is 0 Å². The van der Waals surface area contributed by atoms with Gasteiger partial charge in [0.1, 0.15) is 5.41 Å². The number of anilines is 2. The lowest BCUT2D eigenvalue weighted by Crippen LogP contribution is -2.35. The highest BCUT2D eigenvalue weighted by molar-refractivity contribution is 6.17. The van der Waals surface area contributed by atoms with Gasteiger partial charge in [-0.15, -0.1) is 0 Å². The largest absolute Gasteiger partial charge is 0.493 e. The third kappa shape index (κ3) is 3.74. The van der Waals surface area contributed by atoms with Crippen LogP contribution in [0, 0.1) is 5.41 Å². The number of aryl methyl sites for hydroxylation is 1. The Bertz CT molecular complexity index is 859. The van der Waals surface area contributed by atoms with E-state index >= 15 is 0 Å². The number of benzene rings is 2. The Morgan fingerprint density at radius 1 is 0.963 bits per heavy atom. The minimum absolute atomic E-state index is 0.263. The topological polar surface area (TPSA) is 76.7 Å². The zero-order valence-corrected chi connectivity index (χ0v) is 15.8. The number of carbonyl (C=O) groups excluding carboxylic acids is 2. The molecule has 6 nitrogen and oxygen atoms in total. The first kappa shape index (κ1) is 18.8. The van der Waals surface area contributed by atoms with Crippen molar-refractivity contribution >= 4 is 23.2 Å². The van der Waals surface area contributed by atoms with Crippen molar-refractivity contribution in [3.05, 3.63) is 48.0 Å². The van der Waals surface area contributed by atoms with Gasteiger partial charge in [0.2, 0.25) is 11.8 Å². The van der Waals surface area contributed by atoms with Gasteiger partial charge in [-0.25, -0.2) is 0 Å². The van der Waals surface area contributed by atoms with Gasteiger partial charge in [-0.05, 0) is 43.0 Å². The van der Waals surface area contributed by atoms with Gasteiger partial charge < -0.3 is 20.1 Å². The number of ether oxygens (including phenoxy) is 2. The maximum absolute atomic E-state index is 12.8. The van der Waals surface area contributed by atoms with Gasteiger partial charge in [-0.1, -0.05) is 25.1 Å². The Morgan fingerprint density at radius 3 is 2.26 bits per heavy atom. The van der Waals surface area contributed by atoms with Gasteiger partial charge in [-0.3, -0.25) is 9.59 Å². The Labute approximate surface area is 158 Å². The van der Waals surface area contributed by atoms with Gasteiger partial charge in [0.05, 0.1) is 14.2 Å². The first-order valence-corrected chi connectivity index (χ1v) is 8.97. The molecule has 1 aliphatic rings. The van der Waals surface area contributed by atoms with Crippen molar-refractivity contribution in [1.29, 1.82) is 0 Å². The van der Waals surface area contributed by atoms with E-state index in [1.54, 1.807) is 25.3 Å². The average Bonchev–Trinajstić information content (AvgIpc) is 3.50. The lowest BCUT2D eigenvalue weighted by molar-refractivity contribution is -0.131. The number of hydrogen-bond donors (Lipinski definition) is 2. The lowest BCUT2D eigenvalue weighted by atomic mass is 10.0. The van der Waals surface area contributed by atoms with Crippen LogP contribution in [-0.4, -0.2) is 26.0 Å². The monoisotopic (exact) mass is 368 g/mol. The summed E-state index contributed by atoms with van der Waals surface area (Å²) in [6.07, 6.45) is 1.87. The molecule has 0 aromatic heterocycles. The molecule has 1 fully saturated rings. The van der Waals surface area contributed by atoms with Gasteiger partial charge in [0.25, 0.3) is 0 Å². The molecular formula is C21H24N2O4. The fraction of sp³-hybridized carbons (Fsp3) is 0.333. The third-order valence-corrected chi connectivity index (χ3v) is 4.91. The highest BCUT2D eigenvalue weighted by atomic mass is 16.5. The maximum Gasteiger partial charge on any atom is 0.240 e.